The van der Waals surface area contributed by atoms with Crippen molar-refractivity contribution in [1.29, 1.82) is 0 Å². The number of benzene rings is 3. The molecule has 1 saturated heterocycles. The van der Waals surface area contributed by atoms with E-state index in [1.807, 2.05) is 48.5 Å². The maximum atomic E-state index is 13.4. The summed E-state index contributed by atoms with van der Waals surface area (Å²) in [5, 5.41) is 0.850. The number of ether oxygens (including phenoxy) is 2. The highest BCUT2D eigenvalue weighted by Gasteiger charge is 2.36. The third-order valence-electron chi connectivity index (χ3n) is 6.32. The molecule has 1 aliphatic rings. The van der Waals surface area contributed by atoms with Crippen molar-refractivity contribution in [2.24, 2.45) is 0 Å². The SMILES string of the molecule is COc1ccc2[nH]c(C(=O)N3CC(=O)N(Cc4ccccc4)[C@@H](COc4ccc(F)cc4)C3)cc2c1. The number of aromatic amines is 1. The van der Waals surface area contributed by atoms with Crippen LogP contribution in [0.1, 0.15) is 16.1 Å². The number of nitrogens with one attached hydrogen (secondary N) is 1. The summed E-state index contributed by atoms with van der Waals surface area (Å²) in [4.78, 5) is 33.1. The second-order valence-electron chi connectivity index (χ2n) is 8.75. The van der Waals surface area contributed by atoms with Crippen molar-refractivity contribution in [3.63, 3.8) is 0 Å². The molecule has 1 aromatic heterocycles. The number of rotatable bonds is 7. The number of nitrogens with zero attached hydrogens (tertiary/aromatic N) is 2. The van der Waals surface area contributed by atoms with E-state index >= 15 is 0 Å². The van der Waals surface area contributed by atoms with Gasteiger partial charge < -0.3 is 24.3 Å². The lowest BCUT2D eigenvalue weighted by molar-refractivity contribution is -0.140. The highest BCUT2D eigenvalue weighted by atomic mass is 19.1. The lowest BCUT2D eigenvalue weighted by Crippen LogP contribution is -2.59. The standard InChI is InChI=1S/C28H26FN3O4/c1-35-24-11-12-25-20(13-24)14-26(30-25)28(34)31-16-22(18-36-23-9-7-21(29)8-10-23)32(27(33)17-31)15-19-5-3-2-4-6-19/h2-14,22,30H,15-18H2,1H3/t22-/m1/s1. The summed E-state index contributed by atoms with van der Waals surface area (Å²) < 4.78 is 24.5. The van der Waals surface area contributed by atoms with Crippen LogP contribution in [0.3, 0.4) is 0 Å². The molecule has 2 amide bonds. The first-order valence-electron chi connectivity index (χ1n) is 11.7. The fourth-order valence-electron chi connectivity index (χ4n) is 4.42. The zero-order valence-corrected chi connectivity index (χ0v) is 19.8. The number of piperazine rings is 1. The summed E-state index contributed by atoms with van der Waals surface area (Å²) in [6.45, 7) is 0.845. The van der Waals surface area contributed by atoms with Gasteiger partial charge in [0.2, 0.25) is 5.91 Å². The molecule has 1 aliphatic heterocycles. The van der Waals surface area contributed by atoms with E-state index in [1.54, 1.807) is 35.1 Å². The zero-order chi connectivity index (χ0) is 25.1. The number of fused-ring (bicyclic) bond motifs is 1. The molecule has 7 nitrogen and oxygen atoms in total. The Kier molecular flexibility index (Phi) is 6.58. The van der Waals surface area contributed by atoms with Gasteiger partial charge in [0.05, 0.1) is 13.2 Å². The van der Waals surface area contributed by atoms with Crippen LogP contribution in [0.4, 0.5) is 4.39 Å². The minimum Gasteiger partial charge on any atom is -0.497 e. The molecular weight excluding hydrogens is 461 g/mol. The number of amides is 2. The topological polar surface area (TPSA) is 74.9 Å². The van der Waals surface area contributed by atoms with Crippen molar-refractivity contribution >= 4 is 22.7 Å². The van der Waals surface area contributed by atoms with Crippen LogP contribution in [-0.2, 0) is 11.3 Å². The number of methoxy groups -OCH3 is 1. The number of halogens is 1. The van der Waals surface area contributed by atoms with Gasteiger partial charge >= 0.3 is 0 Å². The third kappa shape index (κ3) is 5.02. The van der Waals surface area contributed by atoms with Crippen LogP contribution in [0.25, 0.3) is 10.9 Å². The van der Waals surface area contributed by atoms with Crippen LogP contribution in [0, 0.1) is 5.82 Å². The van der Waals surface area contributed by atoms with Gasteiger partial charge in [-0.1, -0.05) is 30.3 Å². The molecule has 5 rings (SSSR count). The van der Waals surface area contributed by atoms with E-state index in [1.165, 1.54) is 12.1 Å². The number of carbonyl (C=O) groups is 2. The molecule has 36 heavy (non-hydrogen) atoms. The van der Waals surface area contributed by atoms with Crippen molar-refractivity contribution in [2.45, 2.75) is 12.6 Å². The lowest BCUT2D eigenvalue weighted by Gasteiger charge is -2.40. The highest BCUT2D eigenvalue weighted by Crippen LogP contribution is 2.24. The molecule has 0 aliphatic carbocycles. The molecule has 4 aromatic rings. The predicted molar refractivity (Wildman–Crippen MR) is 133 cm³/mol. The predicted octanol–water partition coefficient (Wildman–Crippen LogP) is 4.25. The molecule has 0 spiro atoms. The van der Waals surface area contributed by atoms with Crippen molar-refractivity contribution in [3.05, 3.63) is 95.9 Å². The van der Waals surface area contributed by atoms with Crippen molar-refractivity contribution < 1.29 is 23.5 Å². The van der Waals surface area contributed by atoms with Gasteiger partial charge in [0.25, 0.3) is 5.91 Å². The van der Waals surface area contributed by atoms with Crippen LogP contribution < -0.4 is 9.47 Å². The Bertz CT molecular complexity index is 1370. The summed E-state index contributed by atoms with van der Waals surface area (Å²) in [6, 6.07) is 22.3. The highest BCUT2D eigenvalue weighted by molar-refractivity contribution is 6.00. The van der Waals surface area contributed by atoms with Gasteiger partial charge in [0.15, 0.2) is 0 Å². The molecule has 1 fully saturated rings. The molecule has 1 N–H and O–H groups in total. The van der Waals surface area contributed by atoms with Crippen LogP contribution in [-0.4, -0.2) is 59.4 Å². The minimum absolute atomic E-state index is 0.0304. The van der Waals surface area contributed by atoms with Gasteiger partial charge in [-0.25, -0.2) is 4.39 Å². The molecule has 0 unspecified atom stereocenters. The van der Waals surface area contributed by atoms with E-state index < -0.39 is 0 Å². The fourth-order valence-corrected chi connectivity index (χ4v) is 4.42. The van der Waals surface area contributed by atoms with Gasteiger partial charge in [0.1, 0.15) is 36.2 Å². The molecule has 3 aromatic carbocycles. The van der Waals surface area contributed by atoms with Crippen LogP contribution in [0.5, 0.6) is 11.5 Å². The van der Waals surface area contributed by atoms with Crippen LogP contribution in [0.2, 0.25) is 0 Å². The molecule has 2 heterocycles. The van der Waals surface area contributed by atoms with Gasteiger partial charge in [-0.05, 0) is 54.1 Å². The quantitative estimate of drug-likeness (QED) is 0.423. The Balaban J connectivity index is 1.37. The maximum absolute atomic E-state index is 13.4. The maximum Gasteiger partial charge on any atom is 0.270 e. The summed E-state index contributed by atoms with van der Waals surface area (Å²) in [7, 11) is 1.59. The molecular formula is C28H26FN3O4. The first kappa shape index (κ1) is 23.4. The second kappa shape index (κ2) is 10.1. The van der Waals surface area contributed by atoms with E-state index in [9.17, 15) is 14.0 Å². The minimum atomic E-state index is -0.384. The summed E-state index contributed by atoms with van der Waals surface area (Å²) in [6.07, 6.45) is 0. The number of hydrogen-bond donors (Lipinski definition) is 1. The van der Waals surface area contributed by atoms with Gasteiger partial charge in [-0.15, -0.1) is 0 Å². The molecule has 184 valence electrons. The average Bonchev–Trinajstić information content (AvgIpc) is 3.33. The van der Waals surface area contributed by atoms with Crippen LogP contribution in [0.15, 0.2) is 78.9 Å². The largest absolute Gasteiger partial charge is 0.497 e. The Labute approximate surface area is 208 Å². The normalized spacial score (nSPS) is 15.8. The number of carbonyl (C=O) groups excluding carboxylic acids is 2. The second-order valence-corrected chi connectivity index (χ2v) is 8.75. The smallest absolute Gasteiger partial charge is 0.270 e. The van der Waals surface area contributed by atoms with E-state index in [4.69, 9.17) is 9.47 Å². The van der Waals surface area contributed by atoms with E-state index in [-0.39, 0.29) is 36.8 Å². The van der Waals surface area contributed by atoms with Crippen LogP contribution >= 0.6 is 0 Å². The number of aromatic nitrogens is 1. The zero-order valence-electron chi connectivity index (χ0n) is 19.8. The molecule has 0 bridgehead atoms. The Morgan fingerprint density at radius 3 is 2.53 bits per heavy atom. The Morgan fingerprint density at radius 1 is 1.03 bits per heavy atom. The molecule has 1 atom stereocenters. The number of H-pyrrole nitrogens is 1. The summed E-state index contributed by atoms with van der Waals surface area (Å²) in [5.74, 6) is 0.418. The average molecular weight is 488 g/mol. The van der Waals surface area contributed by atoms with Crippen molar-refractivity contribution in [3.8, 4) is 11.5 Å². The van der Waals surface area contributed by atoms with E-state index in [0.717, 1.165) is 16.5 Å². The Hall–Kier alpha value is -4.33. The van der Waals surface area contributed by atoms with E-state index in [0.29, 0.717) is 30.3 Å². The van der Waals surface area contributed by atoms with E-state index in [2.05, 4.69) is 4.98 Å². The van der Waals surface area contributed by atoms with Gasteiger partial charge in [0, 0.05) is 24.0 Å². The first-order valence-corrected chi connectivity index (χ1v) is 11.7. The Morgan fingerprint density at radius 2 is 1.78 bits per heavy atom. The summed E-state index contributed by atoms with van der Waals surface area (Å²) >= 11 is 0. The first-order chi connectivity index (χ1) is 17.5. The molecule has 8 heteroatoms. The molecule has 0 saturated carbocycles. The monoisotopic (exact) mass is 487 g/mol. The van der Waals surface area contributed by atoms with Crippen molar-refractivity contribution in [1.82, 2.24) is 14.8 Å². The fraction of sp³-hybridized carbons (Fsp3) is 0.214. The summed E-state index contributed by atoms with van der Waals surface area (Å²) in [5.41, 5.74) is 2.20. The lowest BCUT2D eigenvalue weighted by atomic mass is 10.1. The van der Waals surface area contributed by atoms with Crippen molar-refractivity contribution in [2.75, 3.05) is 26.8 Å². The number of hydrogen-bond acceptors (Lipinski definition) is 4. The third-order valence-corrected chi connectivity index (χ3v) is 6.32. The van der Waals surface area contributed by atoms with Gasteiger partial charge in [-0.3, -0.25) is 9.59 Å². The molecule has 0 radical (unpaired) electrons. The van der Waals surface area contributed by atoms with Gasteiger partial charge in [-0.2, -0.15) is 0 Å².